The average molecular weight is 404 g/mol. The molecule has 0 unspecified atom stereocenters. The number of anilines is 1. The van der Waals surface area contributed by atoms with E-state index in [2.05, 4.69) is 15.5 Å². The second-order valence-electron chi connectivity index (χ2n) is 5.56. The van der Waals surface area contributed by atoms with E-state index in [1.54, 1.807) is 18.2 Å². The molecule has 3 rings (SSSR count). The first-order chi connectivity index (χ1) is 13.2. The number of para-hydroxylation sites is 1. The summed E-state index contributed by atoms with van der Waals surface area (Å²) in [6.45, 7) is 0.588. The lowest BCUT2D eigenvalue weighted by atomic mass is 10.2. The molecule has 0 atom stereocenters. The van der Waals surface area contributed by atoms with Crippen LogP contribution >= 0.6 is 22.9 Å². The number of halogens is 1. The number of hydrogen-bond donors (Lipinski definition) is 1. The van der Waals surface area contributed by atoms with Crippen molar-refractivity contribution in [1.29, 1.82) is 0 Å². The zero-order valence-electron chi connectivity index (χ0n) is 14.6. The van der Waals surface area contributed by atoms with Gasteiger partial charge in [0, 0.05) is 11.4 Å². The van der Waals surface area contributed by atoms with Crippen LogP contribution in [0, 0.1) is 0 Å². The van der Waals surface area contributed by atoms with Crippen molar-refractivity contribution < 1.29 is 14.3 Å². The number of aryl methyl sites for hydroxylation is 1. The highest BCUT2D eigenvalue weighted by molar-refractivity contribution is 7.15. The van der Waals surface area contributed by atoms with Crippen LogP contribution in [0.4, 0.5) is 5.13 Å². The highest BCUT2D eigenvalue weighted by Crippen LogP contribution is 2.25. The Kier molecular flexibility index (Phi) is 6.62. The molecule has 3 aromatic rings. The van der Waals surface area contributed by atoms with E-state index in [1.807, 2.05) is 30.3 Å². The fraction of sp³-hybridized carbons (Fsp3) is 0.211. The predicted octanol–water partition coefficient (Wildman–Crippen LogP) is 4.46. The largest absolute Gasteiger partial charge is 0.496 e. The van der Waals surface area contributed by atoms with E-state index in [4.69, 9.17) is 21.1 Å². The maximum Gasteiger partial charge on any atom is 0.261 e. The maximum atomic E-state index is 12.4. The predicted molar refractivity (Wildman–Crippen MR) is 106 cm³/mol. The summed E-state index contributed by atoms with van der Waals surface area (Å²) in [5, 5.41) is 12.6. The fourth-order valence-electron chi connectivity index (χ4n) is 2.36. The molecule has 6 nitrogen and oxygen atoms in total. The van der Waals surface area contributed by atoms with Crippen molar-refractivity contribution in [3.63, 3.8) is 0 Å². The van der Waals surface area contributed by atoms with E-state index in [1.165, 1.54) is 18.4 Å². The van der Waals surface area contributed by atoms with Gasteiger partial charge in [-0.25, -0.2) is 0 Å². The van der Waals surface area contributed by atoms with Crippen LogP contribution in [0.2, 0.25) is 5.02 Å². The number of nitrogens with zero attached hydrogens (tertiary/aromatic N) is 2. The van der Waals surface area contributed by atoms with Crippen LogP contribution in [-0.4, -0.2) is 29.8 Å². The Morgan fingerprint density at radius 3 is 2.78 bits per heavy atom. The highest BCUT2D eigenvalue weighted by atomic mass is 35.5. The average Bonchev–Trinajstić information content (AvgIpc) is 3.13. The molecule has 0 aliphatic carbocycles. The first kappa shape index (κ1) is 19.1. The molecule has 2 aromatic carbocycles. The van der Waals surface area contributed by atoms with Gasteiger partial charge in [0.2, 0.25) is 5.13 Å². The Bertz CT molecular complexity index is 902. The van der Waals surface area contributed by atoms with Gasteiger partial charge in [-0.3, -0.25) is 10.1 Å². The molecular weight excluding hydrogens is 386 g/mol. The summed E-state index contributed by atoms with van der Waals surface area (Å²) in [6.07, 6.45) is 1.53. The number of nitrogens with one attached hydrogen (secondary N) is 1. The van der Waals surface area contributed by atoms with E-state index >= 15 is 0 Å². The number of amides is 1. The van der Waals surface area contributed by atoms with Gasteiger partial charge in [-0.1, -0.05) is 41.1 Å². The van der Waals surface area contributed by atoms with Crippen LogP contribution in [0.5, 0.6) is 11.5 Å². The summed E-state index contributed by atoms with van der Waals surface area (Å²) in [4.78, 5) is 12.4. The molecule has 1 aromatic heterocycles. The maximum absolute atomic E-state index is 12.4. The zero-order valence-corrected chi connectivity index (χ0v) is 16.2. The van der Waals surface area contributed by atoms with Gasteiger partial charge < -0.3 is 9.47 Å². The Balaban J connectivity index is 1.52. The van der Waals surface area contributed by atoms with Crippen molar-refractivity contribution in [3.8, 4) is 11.5 Å². The van der Waals surface area contributed by atoms with Crippen molar-refractivity contribution in [2.75, 3.05) is 19.0 Å². The van der Waals surface area contributed by atoms with Gasteiger partial charge in [0.05, 0.1) is 19.3 Å². The molecule has 1 amide bonds. The number of carbonyl (C=O) groups excluding carboxylic acids is 1. The number of aromatic nitrogens is 2. The molecule has 8 heteroatoms. The number of hydrogen-bond acceptors (Lipinski definition) is 6. The third-order valence-electron chi connectivity index (χ3n) is 3.64. The van der Waals surface area contributed by atoms with E-state index in [0.717, 1.165) is 23.6 Å². The molecule has 1 N–H and O–H groups in total. The molecule has 27 heavy (non-hydrogen) atoms. The lowest BCUT2D eigenvalue weighted by Gasteiger charge is -2.07. The number of rotatable bonds is 8. The highest BCUT2D eigenvalue weighted by Gasteiger charge is 2.15. The van der Waals surface area contributed by atoms with Crippen LogP contribution in [0.25, 0.3) is 0 Å². The summed E-state index contributed by atoms with van der Waals surface area (Å²) < 4.78 is 10.9. The van der Waals surface area contributed by atoms with Crippen molar-refractivity contribution in [1.82, 2.24) is 10.2 Å². The van der Waals surface area contributed by atoms with Crippen molar-refractivity contribution in [2.45, 2.75) is 12.8 Å². The summed E-state index contributed by atoms with van der Waals surface area (Å²) in [7, 11) is 1.50. The van der Waals surface area contributed by atoms with Gasteiger partial charge in [-0.2, -0.15) is 0 Å². The van der Waals surface area contributed by atoms with Crippen LogP contribution < -0.4 is 14.8 Å². The minimum atomic E-state index is -0.343. The zero-order chi connectivity index (χ0) is 19.1. The molecule has 0 aliphatic rings. The third kappa shape index (κ3) is 5.42. The topological polar surface area (TPSA) is 73.3 Å². The van der Waals surface area contributed by atoms with Gasteiger partial charge in [0.1, 0.15) is 16.5 Å². The summed E-state index contributed by atoms with van der Waals surface area (Å²) >= 11 is 7.30. The van der Waals surface area contributed by atoms with Crippen molar-refractivity contribution in [3.05, 3.63) is 64.1 Å². The fourth-order valence-corrected chi connectivity index (χ4v) is 3.31. The SMILES string of the molecule is COc1ccc(Cl)cc1C(=O)Nc1nnc(CCCOc2ccccc2)s1. The van der Waals surface area contributed by atoms with Crippen molar-refractivity contribution in [2.24, 2.45) is 0 Å². The summed E-state index contributed by atoms with van der Waals surface area (Å²) in [5.41, 5.74) is 0.345. The summed E-state index contributed by atoms with van der Waals surface area (Å²) in [5.74, 6) is 0.947. The van der Waals surface area contributed by atoms with Crippen molar-refractivity contribution >= 4 is 34.0 Å². The standard InChI is InChI=1S/C19H18ClN3O3S/c1-25-16-10-9-13(20)12-15(16)18(24)21-19-23-22-17(27-19)8-5-11-26-14-6-3-2-4-7-14/h2-4,6-7,9-10,12H,5,8,11H2,1H3,(H,21,23,24). The first-order valence-electron chi connectivity index (χ1n) is 8.31. The Hall–Kier alpha value is -2.64. The van der Waals surface area contributed by atoms with Crippen LogP contribution in [0.1, 0.15) is 21.8 Å². The molecule has 0 saturated carbocycles. The quantitative estimate of drug-likeness (QED) is 0.562. The van der Waals surface area contributed by atoms with Gasteiger partial charge >= 0.3 is 0 Å². The normalized spacial score (nSPS) is 10.4. The van der Waals surface area contributed by atoms with Gasteiger partial charge in [-0.15, -0.1) is 10.2 Å². The second kappa shape index (κ2) is 9.34. The van der Waals surface area contributed by atoms with Crippen LogP contribution in [0.15, 0.2) is 48.5 Å². The number of benzene rings is 2. The molecule has 140 valence electrons. The molecule has 0 bridgehead atoms. The molecule has 0 spiro atoms. The molecular formula is C19H18ClN3O3S. The Morgan fingerprint density at radius 1 is 1.19 bits per heavy atom. The second-order valence-corrected chi connectivity index (χ2v) is 7.06. The Morgan fingerprint density at radius 2 is 2.00 bits per heavy atom. The number of carbonyl (C=O) groups is 1. The molecule has 0 aliphatic heterocycles. The minimum Gasteiger partial charge on any atom is -0.496 e. The Labute approximate surface area is 166 Å². The molecule has 0 fully saturated rings. The van der Waals surface area contributed by atoms with E-state index in [9.17, 15) is 4.79 Å². The first-order valence-corrected chi connectivity index (χ1v) is 9.50. The molecule has 0 radical (unpaired) electrons. The lowest BCUT2D eigenvalue weighted by Crippen LogP contribution is -2.13. The smallest absolute Gasteiger partial charge is 0.261 e. The lowest BCUT2D eigenvalue weighted by molar-refractivity contribution is 0.102. The summed E-state index contributed by atoms with van der Waals surface area (Å²) in [6, 6.07) is 14.5. The third-order valence-corrected chi connectivity index (χ3v) is 4.77. The van der Waals surface area contributed by atoms with E-state index < -0.39 is 0 Å². The molecule has 1 heterocycles. The number of ether oxygens (including phenoxy) is 2. The van der Waals surface area contributed by atoms with Crippen LogP contribution in [-0.2, 0) is 6.42 Å². The van der Waals surface area contributed by atoms with Crippen LogP contribution in [0.3, 0.4) is 0 Å². The number of methoxy groups -OCH3 is 1. The van der Waals surface area contributed by atoms with Gasteiger partial charge in [-0.05, 0) is 36.8 Å². The monoisotopic (exact) mass is 403 g/mol. The minimum absolute atomic E-state index is 0.343. The van der Waals surface area contributed by atoms with Gasteiger partial charge in [0.25, 0.3) is 5.91 Å². The molecule has 0 saturated heterocycles. The van der Waals surface area contributed by atoms with E-state index in [-0.39, 0.29) is 5.91 Å². The van der Waals surface area contributed by atoms with Gasteiger partial charge in [0.15, 0.2) is 0 Å². The van der Waals surface area contributed by atoms with E-state index in [0.29, 0.717) is 28.1 Å².